The molecule has 13 rings (SSSR count). The number of furan rings is 2. The fourth-order valence-corrected chi connectivity index (χ4v) is 9.48. The van der Waals surface area contributed by atoms with E-state index in [1.54, 1.807) is 0 Å². The van der Waals surface area contributed by atoms with Gasteiger partial charge in [-0.2, -0.15) is 0 Å². The summed E-state index contributed by atoms with van der Waals surface area (Å²) in [5, 5.41) is 9.29. The highest BCUT2D eigenvalue weighted by atomic mass is 16.3. The number of nitrogens with zero attached hydrogens (tertiary/aromatic N) is 2. The van der Waals surface area contributed by atoms with Gasteiger partial charge in [-0.1, -0.05) is 115 Å². The first-order valence-electron chi connectivity index (χ1n) is 19.7. The molecule has 0 unspecified atom stereocenters. The SMILES string of the molecule is c1ccc(-c2ccccc2-n2c3ccc(-c4ccc5c(c4)c4cc6c(cc4n5-c4ccccc4)oc4ccccc46)cc3c3cc4c(cc32)oc2ccccc24)cc1. The lowest BCUT2D eigenvalue weighted by atomic mass is 9.99. The zero-order valence-electron chi connectivity index (χ0n) is 31.2. The predicted molar refractivity (Wildman–Crippen MR) is 241 cm³/mol. The summed E-state index contributed by atoms with van der Waals surface area (Å²) >= 11 is 0. The summed E-state index contributed by atoms with van der Waals surface area (Å²) in [7, 11) is 0. The Bertz CT molecular complexity index is 3790. The van der Waals surface area contributed by atoms with Crippen molar-refractivity contribution in [1.29, 1.82) is 0 Å². The van der Waals surface area contributed by atoms with Crippen LogP contribution in [0.5, 0.6) is 0 Å². The minimum atomic E-state index is 0.884. The number of rotatable bonds is 4. The molecule has 0 saturated carbocycles. The second-order valence-electron chi connectivity index (χ2n) is 15.3. The molecule has 0 bridgehead atoms. The van der Waals surface area contributed by atoms with Crippen molar-refractivity contribution in [3.63, 3.8) is 0 Å². The van der Waals surface area contributed by atoms with Crippen molar-refractivity contribution in [1.82, 2.24) is 9.13 Å². The molecule has 0 N–H and O–H groups in total. The van der Waals surface area contributed by atoms with E-state index in [2.05, 4.69) is 191 Å². The molecule has 0 aliphatic carbocycles. The van der Waals surface area contributed by atoms with E-state index in [1.807, 2.05) is 12.1 Å². The van der Waals surface area contributed by atoms with E-state index in [0.29, 0.717) is 0 Å². The molecule has 4 heteroatoms. The van der Waals surface area contributed by atoms with E-state index in [9.17, 15) is 0 Å². The molecule has 270 valence electrons. The standard InChI is InChI=1S/C54H32N2O2/c1-3-13-33(14-4-1)37-17-7-10-20-46(37)56-48-26-24-35(28-41(48)43-30-45-39-19-9-12-22-52(39)58-54(45)32-50(43)56)34-23-25-47-40(27-34)42-29-44-38-18-8-11-21-51(38)57-53(44)31-49(42)55(47)36-15-5-2-6-16-36/h1-32H. The van der Waals surface area contributed by atoms with E-state index < -0.39 is 0 Å². The maximum absolute atomic E-state index is 6.49. The molecule has 4 nitrogen and oxygen atoms in total. The van der Waals surface area contributed by atoms with Crippen LogP contribution in [0.4, 0.5) is 0 Å². The van der Waals surface area contributed by atoms with Crippen molar-refractivity contribution in [2.75, 3.05) is 0 Å². The Morgan fingerprint density at radius 3 is 1.38 bits per heavy atom. The Hall–Kier alpha value is -7.82. The Morgan fingerprint density at radius 2 is 0.759 bits per heavy atom. The van der Waals surface area contributed by atoms with Crippen molar-refractivity contribution in [2.45, 2.75) is 0 Å². The molecule has 0 aliphatic heterocycles. The van der Waals surface area contributed by atoms with Crippen LogP contribution in [-0.4, -0.2) is 9.13 Å². The van der Waals surface area contributed by atoms with Crippen molar-refractivity contribution in [3.8, 4) is 33.6 Å². The van der Waals surface area contributed by atoms with E-state index in [4.69, 9.17) is 8.83 Å². The predicted octanol–water partition coefficient (Wildman–Crippen LogP) is 15.0. The molecule has 0 radical (unpaired) electrons. The topological polar surface area (TPSA) is 36.1 Å². The van der Waals surface area contributed by atoms with Crippen LogP contribution in [0.2, 0.25) is 0 Å². The average Bonchev–Trinajstić information content (AvgIpc) is 4.02. The van der Waals surface area contributed by atoms with Gasteiger partial charge in [-0.05, 0) is 83.4 Å². The highest BCUT2D eigenvalue weighted by molar-refractivity contribution is 6.20. The Morgan fingerprint density at radius 1 is 0.276 bits per heavy atom. The van der Waals surface area contributed by atoms with E-state index in [-0.39, 0.29) is 0 Å². The van der Waals surface area contributed by atoms with E-state index >= 15 is 0 Å². The second-order valence-corrected chi connectivity index (χ2v) is 15.3. The van der Waals surface area contributed by atoms with Gasteiger partial charge in [-0.15, -0.1) is 0 Å². The van der Waals surface area contributed by atoms with Gasteiger partial charge in [0.1, 0.15) is 22.3 Å². The van der Waals surface area contributed by atoms with Crippen LogP contribution in [-0.2, 0) is 0 Å². The van der Waals surface area contributed by atoms with Gasteiger partial charge in [0.15, 0.2) is 0 Å². The lowest BCUT2D eigenvalue weighted by Gasteiger charge is -2.14. The average molecular weight is 741 g/mol. The third-order valence-corrected chi connectivity index (χ3v) is 12.1. The monoisotopic (exact) mass is 740 g/mol. The summed E-state index contributed by atoms with van der Waals surface area (Å²) in [5.41, 5.74) is 15.1. The summed E-state index contributed by atoms with van der Waals surface area (Å²) in [6.07, 6.45) is 0. The van der Waals surface area contributed by atoms with Gasteiger partial charge in [-0.3, -0.25) is 0 Å². The third-order valence-electron chi connectivity index (χ3n) is 12.1. The smallest absolute Gasteiger partial charge is 0.137 e. The number of aromatic nitrogens is 2. The quantitative estimate of drug-likeness (QED) is 0.180. The van der Waals surface area contributed by atoms with Gasteiger partial charge >= 0.3 is 0 Å². The van der Waals surface area contributed by atoms with Crippen LogP contribution in [0.15, 0.2) is 203 Å². The molecule has 4 aromatic heterocycles. The molecule has 0 saturated heterocycles. The first-order valence-corrected chi connectivity index (χ1v) is 19.7. The number of hydrogen-bond donors (Lipinski definition) is 0. The number of para-hydroxylation sites is 4. The molecular formula is C54H32N2O2. The maximum atomic E-state index is 6.49. The van der Waals surface area contributed by atoms with Crippen molar-refractivity contribution in [2.24, 2.45) is 0 Å². The number of fused-ring (bicyclic) bond motifs is 12. The molecule has 4 heterocycles. The van der Waals surface area contributed by atoms with Gasteiger partial charge in [0.05, 0.1) is 27.8 Å². The molecule has 58 heavy (non-hydrogen) atoms. The lowest BCUT2D eigenvalue weighted by molar-refractivity contribution is 0.669. The summed E-state index contributed by atoms with van der Waals surface area (Å²) in [6.45, 7) is 0. The molecule has 0 fully saturated rings. The Labute approximate surface area is 332 Å². The van der Waals surface area contributed by atoms with Crippen LogP contribution in [0.3, 0.4) is 0 Å². The largest absolute Gasteiger partial charge is 0.456 e. The van der Waals surface area contributed by atoms with Gasteiger partial charge < -0.3 is 18.0 Å². The molecule has 0 amide bonds. The second kappa shape index (κ2) is 11.8. The summed E-state index contributed by atoms with van der Waals surface area (Å²) in [4.78, 5) is 0. The minimum absolute atomic E-state index is 0.884. The lowest BCUT2D eigenvalue weighted by Crippen LogP contribution is -1.97. The van der Waals surface area contributed by atoms with E-state index in [1.165, 1.54) is 38.2 Å². The van der Waals surface area contributed by atoms with Crippen LogP contribution in [0.1, 0.15) is 0 Å². The Balaban J connectivity index is 1.08. The highest BCUT2D eigenvalue weighted by Gasteiger charge is 2.21. The van der Waals surface area contributed by atoms with Gasteiger partial charge in [0.25, 0.3) is 0 Å². The summed E-state index contributed by atoms with van der Waals surface area (Å²) in [6, 6.07) is 69.6. The molecule has 0 aliphatic rings. The van der Waals surface area contributed by atoms with Crippen molar-refractivity contribution in [3.05, 3.63) is 194 Å². The number of hydrogen-bond acceptors (Lipinski definition) is 2. The fraction of sp³-hybridized carbons (Fsp3) is 0. The van der Waals surface area contributed by atoms with Crippen LogP contribution >= 0.6 is 0 Å². The maximum Gasteiger partial charge on any atom is 0.137 e. The van der Waals surface area contributed by atoms with Gasteiger partial charge in [0, 0.05) is 66.5 Å². The molecule has 13 aromatic rings. The molecule has 0 spiro atoms. The van der Waals surface area contributed by atoms with Gasteiger partial charge in [-0.25, -0.2) is 0 Å². The first kappa shape index (κ1) is 31.4. The zero-order chi connectivity index (χ0) is 37.9. The summed E-state index contributed by atoms with van der Waals surface area (Å²) < 4.78 is 17.7. The molecule has 9 aromatic carbocycles. The Kier molecular flexibility index (Phi) is 6.41. The van der Waals surface area contributed by atoms with Crippen molar-refractivity contribution >= 4 is 87.5 Å². The zero-order valence-corrected chi connectivity index (χ0v) is 31.2. The fourth-order valence-electron chi connectivity index (χ4n) is 9.48. The van der Waals surface area contributed by atoms with Crippen LogP contribution in [0, 0.1) is 0 Å². The molecular weight excluding hydrogens is 709 g/mol. The first-order chi connectivity index (χ1) is 28.7. The van der Waals surface area contributed by atoms with Crippen LogP contribution in [0.25, 0.3) is 121 Å². The highest BCUT2D eigenvalue weighted by Crippen LogP contribution is 2.43. The normalized spacial score (nSPS) is 12.1. The van der Waals surface area contributed by atoms with Crippen molar-refractivity contribution < 1.29 is 8.83 Å². The molecule has 0 atom stereocenters. The van der Waals surface area contributed by atoms with E-state index in [0.717, 1.165) is 82.9 Å². The van der Waals surface area contributed by atoms with Gasteiger partial charge in [0.2, 0.25) is 0 Å². The number of benzene rings is 9. The summed E-state index contributed by atoms with van der Waals surface area (Å²) in [5.74, 6) is 0. The minimum Gasteiger partial charge on any atom is -0.456 e. The van der Waals surface area contributed by atoms with Crippen LogP contribution < -0.4 is 0 Å². The third kappa shape index (κ3) is 4.45.